The number of methoxy groups -OCH3 is 1. The standard InChI is InChI=1S/C34H59N3O9/c1-13-25-34(8,40)30-20(4)26(36-9)18(2)15-33(7,43-17-23(35)16-42-30)29(21(5)27(38)22(6)31(39)45-25)46-32-28(41-12)24(37(10)11)14-19(3)44-32/h18-22,24-25,28-30,32,35,40H,13-17H2,1-12H3/b35-23?,36-26+/t18-,19-,20+,21+,22-,24+,25-,28-,29-,30-,32+,33-,34-/m1/s1. The summed E-state index contributed by atoms with van der Waals surface area (Å²) in [6.45, 7) is 14.3. The lowest BCUT2D eigenvalue weighted by Gasteiger charge is -2.48. The maximum absolute atomic E-state index is 14.2. The van der Waals surface area contributed by atoms with Crippen LogP contribution in [0.1, 0.15) is 74.7 Å². The summed E-state index contributed by atoms with van der Waals surface area (Å²) >= 11 is 0. The molecular weight excluding hydrogens is 594 g/mol. The highest BCUT2D eigenvalue weighted by Gasteiger charge is 2.53. The van der Waals surface area contributed by atoms with Crippen LogP contribution in [0, 0.1) is 29.1 Å². The average molecular weight is 654 g/mol. The van der Waals surface area contributed by atoms with E-state index in [-0.39, 0.29) is 49.2 Å². The van der Waals surface area contributed by atoms with Gasteiger partial charge in [-0.1, -0.05) is 27.7 Å². The minimum absolute atomic E-state index is 0.0157. The Hall–Kier alpha value is -1.80. The van der Waals surface area contributed by atoms with Crippen molar-refractivity contribution in [2.24, 2.45) is 28.7 Å². The Bertz CT molecular complexity index is 1110. The summed E-state index contributed by atoms with van der Waals surface area (Å²) in [4.78, 5) is 34.6. The van der Waals surface area contributed by atoms with Gasteiger partial charge in [0, 0.05) is 37.7 Å². The quantitative estimate of drug-likeness (QED) is 0.334. The molecule has 3 saturated heterocycles. The number of nitrogens with zero attached hydrogens (tertiary/aromatic N) is 2. The summed E-state index contributed by atoms with van der Waals surface area (Å²) in [6, 6.07) is -0.0157. The normalized spacial score (nSPS) is 44.8. The number of cyclic esters (lactones) is 1. The molecule has 0 aliphatic carbocycles. The fourth-order valence-corrected chi connectivity index (χ4v) is 7.84. The molecule has 0 saturated carbocycles. The third-order valence-corrected chi connectivity index (χ3v) is 10.4. The molecule has 12 heteroatoms. The minimum atomic E-state index is -1.66. The number of hydrogen-bond donors (Lipinski definition) is 2. The van der Waals surface area contributed by atoms with Crippen LogP contribution in [0.4, 0.5) is 0 Å². The number of carbonyl (C=O) groups is 2. The molecule has 0 aromatic carbocycles. The first kappa shape index (κ1) is 38.6. The van der Waals surface area contributed by atoms with E-state index in [2.05, 4.69) is 9.89 Å². The van der Waals surface area contributed by atoms with Gasteiger partial charge in [-0.15, -0.1) is 0 Å². The molecule has 3 fully saturated rings. The Morgan fingerprint density at radius 2 is 1.74 bits per heavy atom. The van der Waals surface area contributed by atoms with E-state index in [1.807, 2.05) is 48.7 Å². The van der Waals surface area contributed by atoms with Gasteiger partial charge in [-0.25, -0.2) is 0 Å². The molecule has 12 nitrogen and oxygen atoms in total. The zero-order valence-corrected chi connectivity index (χ0v) is 30.0. The zero-order chi connectivity index (χ0) is 34.7. The lowest BCUT2D eigenvalue weighted by atomic mass is 9.73. The molecule has 2 N–H and O–H groups in total. The molecule has 0 aromatic rings. The number of nitrogens with one attached hydrogen (secondary N) is 1. The van der Waals surface area contributed by atoms with Crippen LogP contribution in [0.5, 0.6) is 0 Å². The van der Waals surface area contributed by atoms with Crippen molar-refractivity contribution in [2.75, 3.05) is 41.5 Å². The van der Waals surface area contributed by atoms with Crippen LogP contribution in [0.25, 0.3) is 0 Å². The predicted molar refractivity (Wildman–Crippen MR) is 174 cm³/mol. The highest BCUT2D eigenvalue weighted by atomic mass is 16.7. The fraction of sp³-hybridized carbons (Fsp3) is 0.882. The van der Waals surface area contributed by atoms with Crippen molar-refractivity contribution < 1.29 is 43.1 Å². The average Bonchev–Trinajstić information content (AvgIpc) is 3.00. The van der Waals surface area contributed by atoms with Gasteiger partial charge in [-0.05, 0) is 67.0 Å². The summed E-state index contributed by atoms with van der Waals surface area (Å²) in [5.41, 5.74) is -1.90. The Labute approximate surface area is 275 Å². The first-order chi connectivity index (χ1) is 21.4. The van der Waals surface area contributed by atoms with Gasteiger partial charge in [-0.2, -0.15) is 0 Å². The lowest BCUT2D eigenvalue weighted by molar-refractivity contribution is -0.300. The molecule has 0 spiro atoms. The number of aliphatic hydroxyl groups is 1. The zero-order valence-electron chi connectivity index (χ0n) is 30.0. The first-order valence-electron chi connectivity index (χ1n) is 16.7. The monoisotopic (exact) mass is 653 g/mol. The number of ether oxygens (including phenoxy) is 6. The number of likely N-dealkylation sites (N-methyl/N-ethyl adjacent to an activating group) is 1. The Morgan fingerprint density at radius 3 is 2.30 bits per heavy atom. The summed E-state index contributed by atoms with van der Waals surface area (Å²) in [6.07, 6.45) is -2.87. The number of fused-ring (bicyclic) bond motifs is 5. The van der Waals surface area contributed by atoms with Crippen molar-refractivity contribution in [3.63, 3.8) is 0 Å². The van der Waals surface area contributed by atoms with Crippen molar-refractivity contribution in [1.82, 2.24) is 4.90 Å². The molecule has 13 atom stereocenters. The van der Waals surface area contributed by atoms with Crippen molar-refractivity contribution in [3.8, 4) is 0 Å². The molecule has 3 rings (SSSR count). The summed E-state index contributed by atoms with van der Waals surface area (Å²) in [5, 5.41) is 20.8. The van der Waals surface area contributed by atoms with Gasteiger partial charge in [0.1, 0.15) is 23.7 Å². The third-order valence-electron chi connectivity index (χ3n) is 10.4. The van der Waals surface area contributed by atoms with Crippen LogP contribution >= 0.6 is 0 Å². The molecule has 264 valence electrons. The number of esters is 1. The van der Waals surface area contributed by atoms with Gasteiger partial charge in [0.05, 0.1) is 42.8 Å². The second-order valence-corrected chi connectivity index (χ2v) is 14.3. The largest absolute Gasteiger partial charge is 0.459 e. The number of ketones is 1. The Kier molecular flexibility index (Phi) is 13.1. The topological polar surface area (TPSA) is 149 Å². The fourth-order valence-electron chi connectivity index (χ4n) is 7.84. The van der Waals surface area contributed by atoms with E-state index in [0.29, 0.717) is 6.42 Å². The van der Waals surface area contributed by atoms with Crippen LogP contribution in [-0.2, 0) is 38.0 Å². The van der Waals surface area contributed by atoms with Gasteiger partial charge in [0.15, 0.2) is 12.1 Å². The van der Waals surface area contributed by atoms with E-state index in [9.17, 15) is 14.7 Å². The van der Waals surface area contributed by atoms with Crippen molar-refractivity contribution in [2.45, 2.75) is 129 Å². The highest BCUT2D eigenvalue weighted by Crippen LogP contribution is 2.40. The highest BCUT2D eigenvalue weighted by molar-refractivity contribution is 6.00. The van der Waals surface area contributed by atoms with Crippen LogP contribution in [0.3, 0.4) is 0 Å². The molecular formula is C34H59N3O9. The van der Waals surface area contributed by atoms with Crippen LogP contribution in [0.2, 0.25) is 0 Å². The maximum Gasteiger partial charge on any atom is 0.316 e. The first-order valence-corrected chi connectivity index (χ1v) is 16.7. The minimum Gasteiger partial charge on any atom is -0.459 e. The van der Waals surface area contributed by atoms with Crippen LogP contribution < -0.4 is 0 Å². The molecule has 0 unspecified atom stereocenters. The summed E-state index contributed by atoms with van der Waals surface area (Å²) in [7, 11) is 7.29. The molecule has 3 heterocycles. The van der Waals surface area contributed by atoms with Gasteiger partial charge in [0.25, 0.3) is 0 Å². The number of aliphatic imine (C=N–C) groups is 1. The van der Waals surface area contributed by atoms with Crippen LogP contribution in [0.15, 0.2) is 4.99 Å². The summed E-state index contributed by atoms with van der Waals surface area (Å²) < 4.78 is 38.0. The number of hydrogen-bond acceptors (Lipinski definition) is 12. The van der Waals surface area contributed by atoms with E-state index < -0.39 is 65.6 Å². The van der Waals surface area contributed by atoms with Gasteiger partial charge < -0.3 is 43.8 Å². The van der Waals surface area contributed by atoms with Crippen LogP contribution in [-0.4, -0.2) is 129 Å². The molecule has 0 aromatic heterocycles. The van der Waals surface area contributed by atoms with Crippen molar-refractivity contribution in [1.29, 1.82) is 5.41 Å². The SMILES string of the molecule is CC[C@H]1OC(=O)[C@H](C)C(=O)[C@H](C)[C@@H](O[C@@H]2O[C@H](C)C[C@H](N(C)C)[C@H]2OC)[C@@]2(C)C[C@@H](C)/C(=N\C)[C@H](C)[C@@H](OCC(=N)CO2)[C@]1(C)O. The molecule has 46 heavy (non-hydrogen) atoms. The second-order valence-electron chi connectivity index (χ2n) is 14.3. The van der Waals surface area contributed by atoms with Gasteiger partial charge >= 0.3 is 5.97 Å². The molecule has 0 radical (unpaired) electrons. The molecule has 3 aliphatic heterocycles. The Balaban J connectivity index is 2.25. The summed E-state index contributed by atoms with van der Waals surface area (Å²) in [5.74, 6) is -3.77. The smallest absolute Gasteiger partial charge is 0.316 e. The second kappa shape index (κ2) is 15.6. The van der Waals surface area contributed by atoms with Gasteiger partial charge in [0.2, 0.25) is 0 Å². The lowest BCUT2D eigenvalue weighted by Crippen LogP contribution is -2.60. The Morgan fingerprint density at radius 1 is 1.09 bits per heavy atom. The predicted octanol–water partition coefficient (Wildman–Crippen LogP) is 3.31. The van der Waals surface area contributed by atoms with Gasteiger partial charge in [-0.3, -0.25) is 14.6 Å². The molecule has 0 amide bonds. The van der Waals surface area contributed by atoms with E-state index >= 15 is 0 Å². The van der Waals surface area contributed by atoms with E-state index in [1.54, 1.807) is 28.0 Å². The van der Waals surface area contributed by atoms with E-state index in [0.717, 1.165) is 12.1 Å². The molecule has 3 aliphatic rings. The number of rotatable bonds is 5. The van der Waals surface area contributed by atoms with E-state index in [4.69, 9.17) is 33.8 Å². The number of carbonyl (C=O) groups excluding carboxylic acids is 2. The van der Waals surface area contributed by atoms with Crippen molar-refractivity contribution >= 4 is 23.2 Å². The van der Waals surface area contributed by atoms with E-state index in [1.165, 1.54) is 6.92 Å². The maximum atomic E-state index is 14.2. The molecule has 2 bridgehead atoms. The number of Topliss-reactive ketones (excluding diaryl/α,β-unsaturated/α-hetero) is 1. The third kappa shape index (κ3) is 8.07. The van der Waals surface area contributed by atoms with Crippen molar-refractivity contribution in [3.05, 3.63) is 0 Å².